The fraction of sp³-hybridized carbons (Fsp3) is 0.769. The highest BCUT2D eigenvalue weighted by Crippen LogP contribution is 2.13. The van der Waals surface area contributed by atoms with E-state index < -0.39 is 0 Å². The van der Waals surface area contributed by atoms with Gasteiger partial charge < -0.3 is 14.8 Å². The van der Waals surface area contributed by atoms with Crippen molar-refractivity contribution in [3.8, 4) is 0 Å². The van der Waals surface area contributed by atoms with Gasteiger partial charge in [0.05, 0.1) is 6.33 Å². The van der Waals surface area contributed by atoms with Gasteiger partial charge in [-0.2, -0.15) is 0 Å². The van der Waals surface area contributed by atoms with Crippen molar-refractivity contribution in [2.75, 3.05) is 32.7 Å². The van der Waals surface area contributed by atoms with Gasteiger partial charge in [-0.05, 0) is 18.9 Å². The Morgan fingerprint density at radius 3 is 2.76 bits per heavy atom. The maximum atomic E-state index is 4.25. The van der Waals surface area contributed by atoms with E-state index in [1.54, 1.807) is 0 Å². The van der Waals surface area contributed by atoms with Crippen LogP contribution in [-0.2, 0) is 6.54 Å². The van der Waals surface area contributed by atoms with Crippen molar-refractivity contribution >= 4 is 0 Å². The van der Waals surface area contributed by atoms with Gasteiger partial charge in [0.15, 0.2) is 0 Å². The molecule has 0 aromatic carbocycles. The average Bonchev–Trinajstić information content (AvgIpc) is 2.79. The van der Waals surface area contributed by atoms with E-state index in [0.717, 1.165) is 19.6 Å². The zero-order valence-electron chi connectivity index (χ0n) is 11.0. The molecule has 4 nitrogen and oxygen atoms in total. The molecule has 96 valence electrons. The van der Waals surface area contributed by atoms with E-state index in [1.807, 2.05) is 12.5 Å². The lowest BCUT2D eigenvalue weighted by Crippen LogP contribution is -2.43. The minimum Gasteiger partial charge on any atom is -0.334 e. The number of aryl methyl sites for hydroxylation is 1. The molecule has 17 heavy (non-hydrogen) atoms. The molecule has 0 unspecified atom stereocenters. The number of nitrogens with zero attached hydrogens (tertiary/aromatic N) is 3. The van der Waals surface area contributed by atoms with Crippen molar-refractivity contribution in [3.63, 3.8) is 0 Å². The lowest BCUT2D eigenvalue weighted by molar-refractivity contribution is 0.234. The first-order chi connectivity index (χ1) is 8.27. The Kier molecular flexibility index (Phi) is 4.57. The van der Waals surface area contributed by atoms with Crippen LogP contribution in [0.5, 0.6) is 0 Å². The summed E-state index contributed by atoms with van der Waals surface area (Å²) in [7, 11) is 0. The smallest absolute Gasteiger partial charge is 0.0948 e. The Hall–Kier alpha value is -0.870. The Morgan fingerprint density at radius 1 is 1.29 bits per heavy atom. The second-order valence-electron chi connectivity index (χ2n) is 5.11. The summed E-state index contributed by atoms with van der Waals surface area (Å²) in [5.41, 5.74) is 1.35. The van der Waals surface area contributed by atoms with Crippen LogP contribution in [0.2, 0.25) is 0 Å². The molecule has 1 saturated heterocycles. The molecular formula is C13H24N4. The van der Waals surface area contributed by atoms with Crippen molar-refractivity contribution in [1.29, 1.82) is 0 Å². The molecule has 0 amide bonds. The molecule has 1 N–H and O–H groups in total. The van der Waals surface area contributed by atoms with Crippen molar-refractivity contribution in [2.24, 2.45) is 0 Å². The summed E-state index contributed by atoms with van der Waals surface area (Å²) < 4.78 is 2.30. The molecule has 1 aliphatic rings. The molecule has 1 aliphatic heterocycles. The summed E-state index contributed by atoms with van der Waals surface area (Å²) >= 11 is 0. The third-order valence-electron chi connectivity index (χ3n) is 3.42. The van der Waals surface area contributed by atoms with E-state index in [2.05, 4.69) is 33.6 Å². The molecular weight excluding hydrogens is 212 g/mol. The molecule has 4 heteroatoms. The van der Waals surface area contributed by atoms with Gasteiger partial charge in [-0.25, -0.2) is 4.98 Å². The third kappa shape index (κ3) is 3.54. The molecule has 0 aliphatic carbocycles. The van der Waals surface area contributed by atoms with E-state index >= 15 is 0 Å². The fourth-order valence-electron chi connectivity index (χ4n) is 2.40. The number of piperazine rings is 1. The lowest BCUT2D eigenvalue weighted by Gasteiger charge is -2.27. The van der Waals surface area contributed by atoms with Gasteiger partial charge >= 0.3 is 0 Å². The number of rotatable bonds is 5. The van der Waals surface area contributed by atoms with E-state index in [0.29, 0.717) is 5.92 Å². The second-order valence-corrected chi connectivity index (χ2v) is 5.11. The molecule has 0 radical (unpaired) electrons. The van der Waals surface area contributed by atoms with Crippen LogP contribution in [0.4, 0.5) is 0 Å². The molecule has 0 spiro atoms. The molecule has 0 bridgehead atoms. The van der Waals surface area contributed by atoms with E-state index in [4.69, 9.17) is 0 Å². The van der Waals surface area contributed by atoms with Crippen LogP contribution in [0.3, 0.4) is 0 Å². The summed E-state index contributed by atoms with van der Waals surface area (Å²) in [5.74, 6) is 0.566. The minimum atomic E-state index is 0.566. The zero-order chi connectivity index (χ0) is 12.1. The Bertz CT molecular complexity index is 326. The highest BCUT2D eigenvalue weighted by Gasteiger charge is 2.10. The largest absolute Gasteiger partial charge is 0.334 e. The van der Waals surface area contributed by atoms with Crippen LogP contribution in [0.15, 0.2) is 12.5 Å². The van der Waals surface area contributed by atoms with Crippen molar-refractivity contribution < 1.29 is 0 Å². The van der Waals surface area contributed by atoms with Crippen LogP contribution in [0, 0.1) is 0 Å². The van der Waals surface area contributed by atoms with Gasteiger partial charge in [0.2, 0.25) is 0 Å². The average molecular weight is 236 g/mol. The number of hydrogen-bond acceptors (Lipinski definition) is 3. The van der Waals surface area contributed by atoms with Crippen LogP contribution in [0.25, 0.3) is 0 Å². The molecule has 0 saturated carbocycles. The van der Waals surface area contributed by atoms with E-state index in [1.165, 1.54) is 31.7 Å². The van der Waals surface area contributed by atoms with E-state index in [-0.39, 0.29) is 0 Å². The van der Waals surface area contributed by atoms with Gasteiger partial charge in [0, 0.05) is 44.6 Å². The quantitative estimate of drug-likeness (QED) is 0.836. The number of hydrogen-bond donors (Lipinski definition) is 1. The molecule has 2 rings (SSSR count). The van der Waals surface area contributed by atoms with Crippen LogP contribution in [-0.4, -0.2) is 47.2 Å². The fourth-order valence-corrected chi connectivity index (χ4v) is 2.40. The summed E-state index contributed by atoms with van der Waals surface area (Å²) in [6.45, 7) is 11.4. The van der Waals surface area contributed by atoms with Gasteiger partial charge in [-0.1, -0.05) is 13.8 Å². The van der Waals surface area contributed by atoms with Gasteiger partial charge in [-0.3, -0.25) is 0 Å². The number of imidazole rings is 1. The monoisotopic (exact) mass is 236 g/mol. The molecule has 1 aromatic rings. The topological polar surface area (TPSA) is 33.1 Å². The summed E-state index contributed by atoms with van der Waals surface area (Å²) in [5, 5.41) is 3.39. The summed E-state index contributed by atoms with van der Waals surface area (Å²) in [6, 6.07) is 0. The predicted molar refractivity (Wildman–Crippen MR) is 70.2 cm³/mol. The van der Waals surface area contributed by atoms with Crippen molar-refractivity contribution in [2.45, 2.75) is 32.7 Å². The van der Waals surface area contributed by atoms with Gasteiger partial charge in [0.1, 0.15) is 0 Å². The Morgan fingerprint density at radius 2 is 2.06 bits per heavy atom. The molecule has 1 aromatic heterocycles. The Balaban J connectivity index is 1.75. The maximum absolute atomic E-state index is 4.25. The third-order valence-corrected chi connectivity index (χ3v) is 3.42. The van der Waals surface area contributed by atoms with Crippen molar-refractivity contribution in [1.82, 2.24) is 19.8 Å². The van der Waals surface area contributed by atoms with Gasteiger partial charge in [-0.15, -0.1) is 0 Å². The number of aromatic nitrogens is 2. The van der Waals surface area contributed by atoms with Crippen LogP contribution >= 0.6 is 0 Å². The lowest BCUT2D eigenvalue weighted by atomic mass is 10.1. The predicted octanol–water partition coefficient (Wildman–Crippen LogP) is 1.30. The number of nitrogens with one attached hydrogen (secondary N) is 1. The SMILES string of the molecule is CC(C)c1cncn1CCCN1CCNCC1. The van der Waals surface area contributed by atoms with E-state index in [9.17, 15) is 0 Å². The normalized spacial score (nSPS) is 17.8. The van der Waals surface area contributed by atoms with Gasteiger partial charge in [0.25, 0.3) is 0 Å². The highest BCUT2D eigenvalue weighted by atomic mass is 15.2. The summed E-state index contributed by atoms with van der Waals surface area (Å²) in [4.78, 5) is 6.79. The first kappa shape index (κ1) is 12.6. The maximum Gasteiger partial charge on any atom is 0.0948 e. The van der Waals surface area contributed by atoms with Crippen LogP contribution in [0.1, 0.15) is 31.9 Å². The first-order valence-corrected chi connectivity index (χ1v) is 6.70. The second kappa shape index (κ2) is 6.17. The first-order valence-electron chi connectivity index (χ1n) is 6.70. The highest BCUT2D eigenvalue weighted by molar-refractivity contribution is 5.03. The van der Waals surface area contributed by atoms with Crippen molar-refractivity contribution in [3.05, 3.63) is 18.2 Å². The minimum absolute atomic E-state index is 0.566. The Labute approximate surface area is 104 Å². The molecule has 2 heterocycles. The molecule has 1 fully saturated rings. The molecule has 0 atom stereocenters. The van der Waals surface area contributed by atoms with Crippen LogP contribution < -0.4 is 5.32 Å². The summed E-state index contributed by atoms with van der Waals surface area (Å²) in [6.07, 6.45) is 5.18. The zero-order valence-corrected chi connectivity index (χ0v) is 11.0. The standard InChI is InChI=1S/C13H24N4/c1-12(2)13-10-15-11-17(13)7-3-6-16-8-4-14-5-9-16/h10-12,14H,3-9H2,1-2H3.